The maximum absolute atomic E-state index is 12.9. The van der Waals surface area contributed by atoms with Gasteiger partial charge < -0.3 is 14.8 Å². The van der Waals surface area contributed by atoms with Gasteiger partial charge in [-0.15, -0.1) is 0 Å². The lowest BCUT2D eigenvalue weighted by atomic mass is 9.96. The average molecular weight is 387 g/mol. The standard InChI is InChI=1S/C21H30N4OS/c1-15(2)25-19-8-4-3-7-18(19)23-21(25)16-6-5-10-24(13-16)20(26)12-17-14-27-11-9-22-17/h3-4,7-8,15-17,22H,5-6,9-14H2,1-2H3. The number of hydrogen-bond acceptors (Lipinski definition) is 4. The second-order valence-electron chi connectivity index (χ2n) is 8.03. The summed E-state index contributed by atoms with van der Waals surface area (Å²) < 4.78 is 2.37. The van der Waals surface area contributed by atoms with Gasteiger partial charge in [0.25, 0.3) is 0 Å². The van der Waals surface area contributed by atoms with Crippen molar-refractivity contribution in [3.05, 3.63) is 30.1 Å². The molecule has 2 fully saturated rings. The van der Waals surface area contributed by atoms with Gasteiger partial charge in [0.05, 0.1) is 11.0 Å². The van der Waals surface area contributed by atoms with Crippen molar-refractivity contribution in [2.24, 2.45) is 0 Å². The molecule has 2 aromatic rings. The topological polar surface area (TPSA) is 50.2 Å². The van der Waals surface area contributed by atoms with Crippen LogP contribution in [0, 0.1) is 0 Å². The Bertz CT molecular complexity index is 797. The Morgan fingerprint density at radius 3 is 3.00 bits per heavy atom. The zero-order chi connectivity index (χ0) is 18.8. The molecule has 27 heavy (non-hydrogen) atoms. The quantitative estimate of drug-likeness (QED) is 0.875. The number of aromatic nitrogens is 2. The number of amides is 1. The number of piperidine rings is 1. The smallest absolute Gasteiger partial charge is 0.224 e. The van der Waals surface area contributed by atoms with Crippen LogP contribution < -0.4 is 5.32 Å². The van der Waals surface area contributed by atoms with Crippen LogP contribution in [0.25, 0.3) is 11.0 Å². The summed E-state index contributed by atoms with van der Waals surface area (Å²) in [7, 11) is 0. The molecule has 0 radical (unpaired) electrons. The minimum atomic E-state index is 0.298. The van der Waals surface area contributed by atoms with Gasteiger partial charge in [-0.1, -0.05) is 12.1 Å². The van der Waals surface area contributed by atoms with Crippen molar-refractivity contribution in [1.29, 1.82) is 0 Å². The fraction of sp³-hybridized carbons (Fsp3) is 0.619. The largest absolute Gasteiger partial charge is 0.342 e. The predicted molar refractivity (Wildman–Crippen MR) is 112 cm³/mol. The first-order chi connectivity index (χ1) is 13.1. The van der Waals surface area contributed by atoms with E-state index >= 15 is 0 Å². The van der Waals surface area contributed by atoms with Crippen molar-refractivity contribution < 1.29 is 4.79 Å². The maximum atomic E-state index is 12.9. The summed E-state index contributed by atoms with van der Waals surface area (Å²) in [5.41, 5.74) is 2.27. The van der Waals surface area contributed by atoms with Gasteiger partial charge in [-0.25, -0.2) is 4.98 Å². The Balaban J connectivity index is 1.52. The van der Waals surface area contributed by atoms with E-state index in [1.807, 2.05) is 11.8 Å². The average Bonchev–Trinajstić information content (AvgIpc) is 3.09. The molecule has 1 amide bonds. The first-order valence-corrected chi connectivity index (χ1v) is 11.3. The molecular formula is C21H30N4OS. The van der Waals surface area contributed by atoms with E-state index in [1.54, 1.807) is 0 Å². The highest BCUT2D eigenvalue weighted by molar-refractivity contribution is 7.99. The van der Waals surface area contributed by atoms with Gasteiger partial charge in [0.15, 0.2) is 0 Å². The number of nitrogens with one attached hydrogen (secondary N) is 1. The van der Waals surface area contributed by atoms with Crippen molar-refractivity contribution in [1.82, 2.24) is 19.8 Å². The third kappa shape index (κ3) is 4.02. The molecule has 2 aliphatic rings. The van der Waals surface area contributed by atoms with Crippen LogP contribution in [-0.4, -0.2) is 57.5 Å². The third-order valence-electron chi connectivity index (χ3n) is 5.70. The lowest BCUT2D eigenvalue weighted by molar-refractivity contribution is -0.132. The van der Waals surface area contributed by atoms with Crippen molar-refractivity contribution in [2.45, 2.75) is 51.1 Å². The highest BCUT2D eigenvalue weighted by Gasteiger charge is 2.30. The molecule has 2 saturated heterocycles. The SMILES string of the molecule is CC(C)n1c(C2CCCN(C(=O)CC3CSCCN3)C2)nc2ccccc21. The van der Waals surface area contributed by atoms with E-state index in [-0.39, 0.29) is 0 Å². The maximum Gasteiger partial charge on any atom is 0.224 e. The lowest BCUT2D eigenvalue weighted by Gasteiger charge is -2.34. The summed E-state index contributed by atoms with van der Waals surface area (Å²) in [6.07, 6.45) is 2.79. The van der Waals surface area contributed by atoms with Crippen LogP contribution in [0.5, 0.6) is 0 Å². The summed E-state index contributed by atoms with van der Waals surface area (Å²) in [5, 5.41) is 3.49. The molecule has 1 aromatic heterocycles. The van der Waals surface area contributed by atoms with E-state index in [4.69, 9.17) is 4.98 Å². The highest BCUT2D eigenvalue weighted by Crippen LogP contribution is 2.32. The van der Waals surface area contributed by atoms with Crippen LogP contribution in [-0.2, 0) is 4.79 Å². The van der Waals surface area contributed by atoms with E-state index in [2.05, 4.69) is 52.9 Å². The monoisotopic (exact) mass is 386 g/mol. The number of hydrogen-bond donors (Lipinski definition) is 1. The number of para-hydroxylation sites is 2. The molecule has 6 heteroatoms. The van der Waals surface area contributed by atoms with E-state index in [1.165, 1.54) is 5.52 Å². The van der Waals surface area contributed by atoms with Crippen LogP contribution in [0.1, 0.15) is 50.9 Å². The predicted octanol–water partition coefficient (Wildman–Crippen LogP) is 3.42. The number of thioether (sulfide) groups is 1. The van der Waals surface area contributed by atoms with Crippen molar-refractivity contribution in [3.8, 4) is 0 Å². The van der Waals surface area contributed by atoms with Gasteiger partial charge in [-0.2, -0.15) is 11.8 Å². The van der Waals surface area contributed by atoms with Gasteiger partial charge in [-0.05, 0) is 38.8 Å². The molecule has 3 heterocycles. The molecule has 2 unspecified atom stereocenters. The number of rotatable bonds is 4. The fourth-order valence-corrected chi connectivity index (χ4v) is 5.35. The minimum Gasteiger partial charge on any atom is -0.342 e. The van der Waals surface area contributed by atoms with E-state index in [0.717, 1.165) is 55.3 Å². The van der Waals surface area contributed by atoms with Crippen molar-refractivity contribution >= 4 is 28.7 Å². The summed E-state index contributed by atoms with van der Waals surface area (Å²) in [5.74, 6) is 3.97. The number of fused-ring (bicyclic) bond motifs is 1. The lowest BCUT2D eigenvalue weighted by Crippen LogP contribution is -2.45. The third-order valence-corrected chi connectivity index (χ3v) is 6.83. The first kappa shape index (κ1) is 18.8. The second kappa shape index (κ2) is 8.23. The van der Waals surface area contributed by atoms with E-state index in [0.29, 0.717) is 30.3 Å². The Kier molecular flexibility index (Phi) is 5.74. The van der Waals surface area contributed by atoms with Gasteiger partial charge in [0, 0.05) is 55.6 Å². The van der Waals surface area contributed by atoms with Crippen LogP contribution >= 0.6 is 11.8 Å². The van der Waals surface area contributed by atoms with E-state index in [9.17, 15) is 4.79 Å². The van der Waals surface area contributed by atoms with Gasteiger partial charge in [0.2, 0.25) is 5.91 Å². The zero-order valence-electron chi connectivity index (χ0n) is 16.4. The van der Waals surface area contributed by atoms with Crippen LogP contribution in [0.2, 0.25) is 0 Å². The van der Waals surface area contributed by atoms with Crippen LogP contribution in [0.3, 0.4) is 0 Å². The number of carbonyl (C=O) groups is 1. The Morgan fingerprint density at radius 1 is 1.37 bits per heavy atom. The molecule has 0 spiro atoms. The molecule has 0 saturated carbocycles. The molecule has 146 valence electrons. The Morgan fingerprint density at radius 2 is 2.22 bits per heavy atom. The Hall–Kier alpha value is -1.53. The zero-order valence-corrected chi connectivity index (χ0v) is 17.2. The van der Waals surface area contributed by atoms with Crippen LogP contribution in [0.4, 0.5) is 0 Å². The highest BCUT2D eigenvalue weighted by atomic mass is 32.2. The molecule has 0 bridgehead atoms. The normalized spacial score (nSPS) is 23.9. The first-order valence-electron chi connectivity index (χ1n) is 10.2. The van der Waals surface area contributed by atoms with E-state index < -0.39 is 0 Å². The summed E-state index contributed by atoms with van der Waals surface area (Å²) in [4.78, 5) is 19.9. The number of imidazole rings is 1. The van der Waals surface area contributed by atoms with Gasteiger partial charge in [0.1, 0.15) is 5.82 Å². The molecular weight excluding hydrogens is 356 g/mol. The molecule has 0 aliphatic carbocycles. The van der Waals surface area contributed by atoms with Gasteiger partial charge >= 0.3 is 0 Å². The van der Waals surface area contributed by atoms with Crippen LogP contribution in [0.15, 0.2) is 24.3 Å². The molecule has 2 aliphatic heterocycles. The number of likely N-dealkylation sites (tertiary alicyclic amines) is 1. The second-order valence-corrected chi connectivity index (χ2v) is 9.18. The number of carbonyl (C=O) groups excluding carboxylic acids is 1. The molecule has 1 N–H and O–H groups in total. The molecule has 2 atom stereocenters. The molecule has 5 nitrogen and oxygen atoms in total. The Labute approximate surface area is 165 Å². The van der Waals surface area contributed by atoms with Gasteiger partial charge in [-0.3, -0.25) is 4.79 Å². The molecule has 4 rings (SSSR count). The molecule has 1 aromatic carbocycles. The van der Waals surface area contributed by atoms with Crippen molar-refractivity contribution in [2.75, 3.05) is 31.1 Å². The summed E-state index contributed by atoms with van der Waals surface area (Å²) in [6, 6.07) is 9.08. The number of nitrogens with zero attached hydrogens (tertiary/aromatic N) is 3. The minimum absolute atomic E-state index is 0.298. The summed E-state index contributed by atoms with van der Waals surface area (Å²) >= 11 is 1.95. The fourth-order valence-electron chi connectivity index (χ4n) is 4.40. The number of benzene rings is 1. The van der Waals surface area contributed by atoms with Crippen molar-refractivity contribution in [3.63, 3.8) is 0 Å². The summed E-state index contributed by atoms with van der Waals surface area (Å²) in [6.45, 7) is 7.14.